The number of amides is 1. The maximum Gasteiger partial charge on any atom is 0.408 e. The van der Waals surface area contributed by atoms with Crippen LogP contribution < -0.4 is 0 Å². The van der Waals surface area contributed by atoms with Gasteiger partial charge in [0.2, 0.25) is 0 Å². The van der Waals surface area contributed by atoms with Crippen LogP contribution in [-0.4, -0.2) is 33.7 Å². The Hall–Kier alpha value is -2.73. The molecule has 0 saturated carbocycles. The lowest BCUT2D eigenvalue weighted by Gasteiger charge is -2.35. The first-order valence-corrected chi connectivity index (χ1v) is 5.41. The number of carboxylic acid groups (broad SMARTS) is 2. The topological polar surface area (TPSA) is 127 Å². The van der Waals surface area contributed by atoms with Crippen molar-refractivity contribution in [3.05, 3.63) is 45.8 Å². The van der Waals surface area contributed by atoms with E-state index in [-0.39, 0.29) is 6.54 Å². The molecule has 8 heteroatoms. The second-order valence-electron chi connectivity index (χ2n) is 4.03. The van der Waals surface area contributed by atoms with Crippen LogP contribution in [0.15, 0.2) is 29.4 Å². The van der Waals surface area contributed by atoms with E-state index in [0.717, 1.165) is 4.90 Å². The predicted octanol–water partition coefficient (Wildman–Crippen LogP) is 2.16. The third kappa shape index (κ3) is 2.16. The van der Waals surface area contributed by atoms with Gasteiger partial charge in [-0.15, -0.1) is 0 Å². The lowest BCUT2D eigenvalue weighted by molar-refractivity contribution is -0.143. The summed E-state index contributed by atoms with van der Waals surface area (Å²) in [6.45, 7) is -0.173. The van der Waals surface area contributed by atoms with Gasteiger partial charge in [0.25, 0.3) is 0 Å². The molecule has 19 heavy (non-hydrogen) atoms. The Balaban J connectivity index is 2.59. The summed E-state index contributed by atoms with van der Waals surface area (Å²) in [5.74, 6) is -1.26. The van der Waals surface area contributed by atoms with E-state index in [4.69, 9.17) is 10.6 Å². The molecular weight excluding hydrogens is 252 g/mol. The highest BCUT2D eigenvalue weighted by Gasteiger charge is 2.39. The zero-order valence-electron chi connectivity index (χ0n) is 9.67. The van der Waals surface area contributed by atoms with E-state index in [1.165, 1.54) is 6.07 Å². The molecule has 1 aliphatic rings. The maximum atomic E-state index is 11.3. The van der Waals surface area contributed by atoms with Crippen molar-refractivity contribution in [3.63, 3.8) is 0 Å². The Morgan fingerprint density at radius 2 is 1.95 bits per heavy atom. The Morgan fingerprint density at radius 3 is 2.47 bits per heavy atom. The molecular formula is C11H10N4O4. The van der Waals surface area contributed by atoms with Crippen molar-refractivity contribution in [1.29, 1.82) is 0 Å². The van der Waals surface area contributed by atoms with E-state index in [1.807, 2.05) is 0 Å². The van der Waals surface area contributed by atoms with Gasteiger partial charge in [-0.3, -0.25) is 4.90 Å². The molecule has 0 unspecified atom stereocenters. The average Bonchev–Trinajstić information content (AvgIpc) is 2.38. The summed E-state index contributed by atoms with van der Waals surface area (Å²) in [4.78, 5) is 25.9. The zero-order valence-corrected chi connectivity index (χ0v) is 9.67. The van der Waals surface area contributed by atoms with Gasteiger partial charge in [0.1, 0.15) is 0 Å². The minimum atomic E-state index is -1.36. The summed E-state index contributed by atoms with van der Waals surface area (Å²) in [6, 6.07) is 4.49. The fourth-order valence-corrected chi connectivity index (χ4v) is 2.24. The molecule has 0 saturated heterocycles. The number of hydrogen-bond donors (Lipinski definition) is 2. The number of azide groups is 1. The van der Waals surface area contributed by atoms with Gasteiger partial charge in [-0.05, 0) is 16.7 Å². The van der Waals surface area contributed by atoms with Crippen molar-refractivity contribution in [3.8, 4) is 0 Å². The fourth-order valence-electron chi connectivity index (χ4n) is 2.24. The number of rotatable bonds is 2. The van der Waals surface area contributed by atoms with Crippen molar-refractivity contribution in [1.82, 2.24) is 4.90 Å². The van der Waals surface area contributed by atoms with Crippen molar-refractivity contribution in [2.75, 3.05) is 6.54 Å². The number of benzene rings is 1. The molecule has 1 aliphatic heterocycles. The van der Waals surface area contributed by atoms with Gasteiger partial charge < -0.3 is 10.2 Å². The summed E-state index contributed by atoms with van der Waals surface area (Å²) in [7, 11) is 0. The molecule has 8 nitrogen and oxygen atoms in total. The molecule has 2 atom stereocenters. The van der Waals surface area contributed by atoms with Crippen LogP contribution in [0.5, 0.6) is 0 Å². The van der Waals surface area contributed by atoms with Gasteiger partial charge in [-0.2, -0.15) is 0 Å². The molecule has 98 valence electrons. The van der Waals surface area contributed by atoms with E-state index < -0.39 is 24.1 Å². The summed E-state index contributed by atoms with van der Waals surface area (Å²) < 4.78 is 0. The Morgan fingerprint density at radius 1 is 1.32 bits per heavy atom. The predicted molar refractivity (Wildman–Crippen MR) is 63.4 cm³/mol. The summed E-state index contributed by atoms with van der Waals surface area (Å²) >= 11 is 0. The molecule has 1 aromatic carbocycles. The van der Waals surface area contributed by atoms with Crippen LogP contribution in [0.3, 0.4) is 0 Å². The smallest absolute Gasteiger partial charge is 0.408 e. The van der Waals surface area contributed by atoms with Crippen molar-refractivity contribution in [2.45, 2.75) is 12.1 Å². The molecule has 0 aliphatic carbocycles. The van der Waals surface area contributed by atoms with Crippen LogP contribution in [0.2, 0.25) is 0 Å². The van der Waals surface area contributed by atoms with Gasteiger partial charge in [0.05, 0.1) is 6.04 Å². The van der Waals surface area contributed by atoms with Gasteiger partial charge in [-0.25, -0.2) is 9.59 Å². The highest BCUT2D eigenvalue weighted by Crippen LogP contribution is 2.36. The lowest BCUT2D eigenvalue weighted by Crippen LogP contribution is -2.44. The Bertz CT molecular complexity index is 582. The van der Waals surface area contributed by atoms with Crippen LogP contribution in [0, 0.1) is 0 Å². The third-order valence-corrected chi connectivity index (χ3v) is 3.00. The molecule has 0 aromatic heterocycles. The average molecular weight is 262 g/mol. The molecule has 0 spiro atoms. The van der Waals surface area contributed by atoms with Crippen LogP contribution in [-0.2, 0) is 4.79 Å². The number of aliphatic carboxylic acids is 1. The largest absolute Gasteiger partial charge is 0.479 e. The van der Waals surface area contributed by atoms with Crippen molar-refractivity contribution in [2.24, 2.45) is 5.11 Å². The molecule has 1 heterocycles. The van der Waals surface area contributed by atoms with E-state index in [2.05, 4.69) is 10.0 Å². The Kier molecular flexibility index (Phi) is 3.26. The van der Waals surface area contributed by atoms with E-state index in [0.29, 0.717) is 11.1 Å². The molecule has 0 bridgehead atoms. The monoisotopic (exact) mass is 262 g/mol. The molecule has 1 aromatic rings. The quantitative estimate of drug-likeness (QED) is 0.480. The molecule has 0 fully saturated rings. The second kappa shape index (κ2) is 4.87. The summed E-state index contributed by atoms with van der Waals surface area (Å²) in [6.07, 6.45) is -1.36. The van der Waals surface area contributed by atoms with Crippen LogP contribution in [0.1, 0.15) is 23.2 Å². The maximum absolute atomic E-state index is 11.3. The van der Waals surface area contributed by atoms with E-state index in [9.17, 15) is 14.7 Å². The molecule has 1 amide bonds. The first-order valence-electron chi connectivity index (χ1n) is 5.41. The lowest BCUT2D eigenvalue weighted by atomic mass is 9.90. The normalized spacial score (nSPS) is 21.2. The van der Waals surface area contributed by atoms with Crippen molar-refractivity contribution >= 4 is 12.1 Å². The Labute approximate surface area is 107 Å². The molecule has 2 N–H and O–H groups in total. The minimum Gasteiger partial charge on any atom is -0.479 e. The highest BCUT2D eigenvalue weighted by molar-refractivity contribution is 5.82. The summed E-state index contributed by atoms with van der Waals surface area (Å²) in [5, 5.41) is 21.8. The van der Waals surface area contributed by atoms with Crippen LogP contribution in [0.4, 0.5) is 4.79 Å². The number of fused-ring (bicyclic) bond motifs is 1. The van der Waals surface area contributed by atoms with Crippen molar-refractivity contribution < 1.29 is 19.8 Å². The standard InChI is InChI=1S/C11H10N4O4/c12-14-13-8-5-15(11(18)19)9(10(16)17)7-4-2-1-3-6(7)8/h1-4,8-9H,5H2,(H,16,17)(H,18,19)/t8-,9-/m0/s1. The van der Waals surface area contributed by atoms with Gasteiger partial charge in [0.15, 0.2) is 6.04 Å². The molecule has 2 rings (SSSR count). The number of carboxylic acids is 1. The van der Waals surface area contributed by atoms with Crippen LogP contribution in [0.25, 0.3) is 10.4 Å². The second-order valence-corrected chi connectivity index (χ2v) is 4.03. The first-order chi connectivity index (χ1) is 9.06. The SMILES string of the molecule is [N-]=[N+]=N[C@H]1CN(C(=O)O)[C@H](C(=O)O)c2ccccc21. The van der Waals surface area contributed by atoms with Crippen LogP contribution >= 0.6 is 0 Å². The van der Waals surface area contributed by atoms with E-state index >= 15 is 0 Å². The minimum absolute atomic E-state index is 0.173. The van der Waals surface area contributed by atoms with E-state index in [1.54, 1.807) is 18.2 Å². The summed E-state index contributed by atoms with van der Waals surface area (Å²) in [5.41, 5.74) is 9.40. The van der Waals surface area contributed by atoms with Gasteiger partial charge in [-0.1, -0.05) is 29.4 Å². The number of nitrogens with zero attached hydrogens (tertiary/aromatic N) is 4. The van der Waals surface area contributed by atoms with Gasteiger partial charge >= 0.3 is 12.1 Å². The fraction of sp³-hybridized carbons (Fsp3) is 0.273. The third-order valence-electron chi connectivity index (χ3n) is 3.00. The first kappa shape index (κ1) is 12.7. The van der Waals surface area contributed by atoms with Gasteiger partial charge in [0, 0.05) is 11.5 Å². The molecule has 0 radical (unpaired) electrons. The number of carbonyl (C=O) groups is 2. The number of hydrogen-bond acceptors (Lipinski definition) is 3. The highest BCUT2D eigenvalue weighted by atomic mass is 16.4. The zero-order chi connectivity index (χ0) is 14.0.